The largest absolute Gasteiger partial charge is 0.467 e. The predicted molar refractivity (Wildman–Crippen MR) is 82.1 cm³/mol. The molecule has 0 atom stereocenters. The Morgan fingerprint density at radius 2 is 2.24 bits per heavy atom. The number of carbonyl (C=O) groups is 1. The van der Waals surface area contributed by atoms with Gasteiger partial charge in [-0.1, -0.05) is 11.6 Å². The van der Waals surface area contributed by atoms with Crippen molar-refractivity contribution in [1.82, 2.24) is 0 Å². The first kappa shape index (κ1) is 15.4. The summed E-state index contributed by atoms with van der Waals surface area (Å²) in [4.78, 5) is 11.8. The third kappa shape index (κ3) is 5.13. The van der Waals surface area contributed by atoms with Crippen LogP contribution in [0.1, 0.15) is 18.6 Å². The molecule has 0 saturated carbocycles. The fourth-order valence-electron chi connectivity index (χ4n) is 1.75. The van der Waals surface area contributed by atoms with Gasteiger partial charge in [-0.25, -0.2) is 0 Å². The molecule has 2 aromatic rings. The molecule has 0 fully saturated rings. The molecular formula is C15H17ClN2O3. The molecular weight excluding hydrogens is 292 g/mol. The highest BCUT2D eigenvalue weighted by Crippen LogP contribution is 2.24. The van der Waals surface area contributed by atoms with Gasteiger partial charge < -0.3 is 20.2 Å². The van der Waals surface area contributed by atoms with E-state index in [-0.39, 0.29) is 5.91 Å². The Balaban J connectivity index is 1.65. The average Bonchev–Trinajstić information content (AvgIpc) is 2.95. The summed E-state index contributed by atoms with van der Waals surface area (Å²) < 4.78 is 10.5. The predicted octanol–water partition coefficient (Wildman–Crippen LogP) is 3.45. The van der Waals surface area contributed by atoms with Gasteiger partial charge in [0.2, 0.25) is 5.91 Å². The number of nitrogens with two attached hydrogens (primary N) is 1. The first-order chi connectivity index (χ1) is 10.1. The molecule has 1 amide bonds. The highest BCUT2D eigenvalue weighted by Gasteiger charge is 2.06. The molecule has 2 rings (SSSR count). The van der Waals surface area contributed by atoms with Crippen molar-refractivity contribution in [2.75, 3.05) is 17.7 Å². The van der Waals surface area contributed by atoms with Crippen molar-refractivity contribution >= 4 is 28.9 Å². The molecule has 0 unspecified atom stereocenters. The smallest absolute Gasteiger partial charge is 0.224 e. The van der Waals surface area contributed by atoms with E-state index in [0.717, 1.165) is 5.76 Å². The van der Waals surface area contributed by atoms with Crippen LogP contribution in [0.25, 0.3) is 0 Å². The minimum Gasteiger partial charge on any atom is -0.467 e. The van der Waals surface area contributed by atoms with Crippen molar-refractivity contribution in [3.63, 3.8) is 0 Å². The van der Waals surface area contributed by atoms with Gasteiger partial charge in [0.05, 0.1) is 17.0 Å². The number of hydrogen-bond acceptors (Lipinski definition) is 4. The Kier molecular flexibility index (Phi) is 5.66. The number of ether oxygens (including phenoxy) is 1. The van der Waals surface area contributed by atoms with Gasteiger partial charge in [0, 0.05) is 18.7 Å². The molecule has 21 heavy (non-hydrogen) atoms. The van der Waals surface area contributed by atoms with Gasteiger partial charge >= 0.3 is 0 Å². The second kappa shape index (κ2) is 7.71. The Morgan fingerprint density at radius 1 is 1.38 bits per heavy atom. The zero-order valence-corrected chi connectivity index (χ0v) is 12.2. The minimum atomic E-state index is -0.108. The van der Waals surface area contributed by atoms with E-state index in [9.17, 15) is 4.79 Å². The number of nitrogens with one attached hydrogen (secondary N) is 1. The number of anilines is 2. The van der Waals surface area contributed by atoms with Crippen molar-refractivity contribution < 1.29 is 13.9 Å². The number of furan rings is 1. The van der Waals surface area contributed by atoms with Gasteiger partial charge in [-0.05, 0) is 36.8 Å². The Hall–Kier alpha value is -1.98. The fraction of sp³-hybridized carbons (Fsp3) is 0.267. The highest BCUT2D eigenvalue weighted by atomic mass is 35.5. The van der Waals surface area contributed by atoms with Gasteiger partial charge in [0.1, 0.15) is 12.4 Å². The van der Waals surface area contributed by atoms with Crippen LogP contribution in [0.2, 0.25) is 5.02 Å². The monoisotopic (exact) mass is 308 g/mol. The van der Waals surface area contributed by atoms with Crippen LogP contribution in [-0.4, -0.2) is 12.5 Å². The van der Waals surface area contributed by atoms with E-state index in [1.807, 2.05) is 12.1 Å². The lowest BCUT2D eigenvalue weighted by atomic mass is 10.2. The summed E-state index contributed by atoms with van der Waals surface area (Å²) in [5.41, 5.74) is 6.71. The number of nitrogen functional groups attached to an aromatic ring is 1. The molecule has 6 heteroatoms. The second-order valence-electron chi connectivity index (χ2n) is 4.52. The minimum absolute atomic E-state index is 0.108. The quantitative estimate of drug-likeness (QED) is 0.606. The molecule has 1 aromatic heterocycles. The highest BCUT2D eigenvalue weighted by molar-refractivity contribution is 6.34. The number of rotatable bonds is 7. The lowest BCUT2D eigenvalue weighted by Gasteiger charge is -2.08. The standard InChI is InChI=1S/C15H17ClN2O3/c16-13-9-11(17)5-6-14(13)18-15(19)4-2-7-20-10-12-3-1-8-21-12/h1,3,5-6,8-9H,2,4,7,10,17H2,(H,18,19). The molecule has 0 radical (unpaired) electrons. The SMILES string of the molecule is Nc1ccc(NC(=O)CCCOCc2ccco2)c(Cl)c1. The van der Waals surface area contributed by atoms with E-state index in [1.165, 1.54) is 0 Å². The van der Waals surface area contributed by atoms with Gasteiger partial charge in [-0.2, -0.15) is 0 Å². The van der Waals surface area contributed by atoms with Crippen molar-refractivity contribution in [3.8, 4) is 0 Å². The third-order valence-electron chi connectivity index (χ3n) is 2.78. The topological polar surface area (TPSA) is 77.5 Å². The molecule has 5 nitrogen and oxygen atoms in total. The first-order valence-corrected chi connectivity index (χ1v) is 6.98. The molecule has 0 aliphatic heterocycles. The summed E-state index contributed by atoms with van der Waals surface area (Å²) in [5, 5.41) is 3.17. The van der Waals surface area contributed by atoms with Crippen molar-refractivity contribution in [3.05, 3.63) is 47.4 Å². The number of hydrogen-bond donors (Lipinski definition) is 2. The van der Waals surface area contributed by atoms with Gasteiger partial charge in [0.25, 0.3) is 0 Å². The lowest BCUT2D eigenvalue weighted by Crippen LogP contribution is -2.12. The van der Waals surface area contributed by atoms with E-state index in [1.54, 1.807) is 24.5 Å². The van der Waals surface area contributed by atoms with Gasteiger partial charge in [-0.15, -0.1) is 0 Å². The molecule has 3 N–H and O–H groups in total. The van der Waals surface area contributed by atoms with Crippen LogP contribution in [0, 0.1) is 0 Å². The van der Waals surface area contributed by atoms with Crippen LogP contribution < -0.4 is 11.1 Å². The molecule has 112 valence electrons. The number of halogens is 1. The summed E-state index contributed by atoms with van der Waals surface area (Å²) in [7, 11) is 0. The maximum absolute atomic E-state index is 11.8. The molecule has 0 aliphatic rings. The van der Waals surface area contributed by atoms with Crippen molar-refractivity contribution in [2.24, 2.45) is 0 Å². The number of carbonyl (C=O) groups excluding carboxylic acids is 1. The van der Waals surface area contributed by atoms with Crippen LogP contribution in [0.5, 0.6) is 0 Å². The number of amides is 1. The summed E-state index contributed by atoms with van der Waals surface area (Å²) in [6, 6.07) is 8.62. The summed E-state index contributed by atoms with van der Waals surface area (Å²) in [6.07, 6.45) is 2.58. The Labute approximate surface area is 128 Å². The van der Waals surface area contributed by atoms with E-state index in [4.69, 9.17) is 26.5 Å². The zero-order valence-electron chi connectivity index (χ0n) is 11.5. The van der Waals surface area contributed by atoms with E-state index < -0.39 is 0 Å². The fourth-order valence-corrected chi connectivity index (χ4v) is 1.98. The normalized spacial score (nSPS) is 10.5. The summed E-state index contributed by atoms with van der Waals surface area (Å²) in [5.74, 6) is 0.663. The van der Waals surface area contributed by atoms with Crippen LogP contribution in [0.15, 0.2) is 41.0 Å². The third-order valence-corrected chi connectivity index (χ3v) is 3.10. The second-order valence-corrected chi connectivity index (χ2v) is 4.93. The molecule has 0 aliphatic carbocycles. The van der Waals surface area contributed by atoms with Crippen LogP contribution in [0.4, 0.5) is 11.4 Å². The first-order valence-electron chi connectivity index (χ1n) is 6.60. The maximum Gasteiger partial charge on any atom is 0.224 e. The maximum atomic E-state index is 11.8. The molecule has 1 heterocycles. The van der Waals surface area contributed by atoms with E-state index in [0.29, 0.717) is 42.5 Å². The Bertz CT molecular complexity index is 585. The van der Waals surface area contributed by atoms with Crippen LogP contribution >= 0.6 is 11.6 Å². The van der Waals surface area contributed by atoms with Gasteiger partial charge in [0.15, 0.2) is 0 Å². The van der Waals surface area contributed by atoms with E-state index in [2.05, 4.69) is 5.32 Å². The van der Waals surface area contributed by atoms with Gasteiger partial charge in [-0.3, -0.25) is 4.79 Å². The van der Waals surface area contributed by atoms with E-state index >= 15 is 0 Å². The summed E-state index contributed by atoms with van der Waals surface area (Å²) in [6.45, 7) is 0.905. The lowest BCUT2D eigenvalue weighted by molar-refractivity contribution is -0.116. The van der Waals surface area contributed by atoms with Crippen molar-refractivity contribution in [2.45, 2.75) is 19.4 Å². The zero-order chi connectivity index (χ0) is 15.1. The summed E-state index contributed by atoms with van der Waals surface area (Å²) >= 11 is 5.98. The number of benzene rings is 1. The molecule has 0 spiro atoms. The molecule has 0 bridgehead atoms. The van der Waals surface area contributed by atoms with Crippen molar-refractivity contribution in [1.29, 1.82) is 0 Å². The molecule has 1 aromatic carbocycles. The molecule has 0 saturated heterocycles. The Morgan fingerprint density at radius 3 is 2.95 bits per heavy atom. The van der Waals surface area contributed by atoms with Crippen LogP contribution in [-0.2, 0) is 16.1 Å². The van der Waals surface area contributed by atoms with Crippen LogP contribution in [0.3, 0.4) is 0 Å². The average molecular weight is 309 g/mol.